The summed E-state index contributed by atoms with van der Waals surface area (Å²) in [6.45, 7) is 0.349. The Labute approximate surface area is 206 Å². The van der Waals surface area contributed by atoms with Crippen LogP contribution >= 0.6 is 11.6 Å². The van der Waals surface area contributed by atoms with Crippen LogP contribution in [0.3, 0.4) is 0 Å². The predicted octanol–water partition coefficient (Wildman–Crippen LogP) is 2.75. The van der Waals surface area contributed by atoms with E-state index >= 15 is 0 Å². The first-order valence-corrected chi connectivity index (χ1v) is 11.6. The molecule has 0 spiro atoms. The van der Waals surface area contributed by atoms with Crippen molar-refractivity contribution in [2.75, 3.05) is 20.7 Å². The number of pyridine rings is 1. The normalized spacial score (nSPS) is 24.7. The number of aromatic nitrogens is 2. The van der Waals surface area contributed by atoms with Crippen molar-refractivity contribution in [1.29, 1.82) is 0 Å². The zero-order chi connectivity index (χ0) is 24.7. The summed E-state index contributed by atoms with van der Waals surface area (Å²) in [6.07, 6.45) is 3.99. The number of carbonyl (C=O) groups excluding carboxylic acids is 1. The van der Waals surface area contributed by atoms with Gasteiger partial charge in [0.05, 0.1) is 30.9 Å². The fraction of sp³-hybridized carbons (Fsp3) is 0.417. The lowest BCUT2D eigenvalue weighted by atomic mass is 9.83. The SMILES string of the molecule is COc1cc(C(=O)C2[C@@H](OC3CC3)CN(C)[C@]2(NCc2cc(Cl)ccn2)C(=O)O)cc2ncoc12. The van der Waals surface area contributed by atoms with E-state index in [1.54, 1.807) is 42.4 Å². The lowest BCUT2D eigenvalue weighted by molar-refractivity contribution is -0.154. The Morgan fingerprint density at radius 2 is 2.11 bits per heavy atom. The number of ketones is 1. The Kier molecular flexibility index (Phi) is 6.22. The molecule has 184 valence electrons. The number of hydrogen-bond donors (Lipinski definition) is 2. The molecule has 3 atom stereocenters. The third-order valence-electron chi connectivity index (χ3n) is 6.60. The maximum atomic E-state index is 14.1. The molecule has 0 amide bonds. The first-order valence-electron chi connectivity index (χ1n) is 11.2. The van der Waals surface area contributed by atoms with E-state index in [0.29, 0.717) is 27.6 Å². The summed E-state index contributed by atoms with van der Waals surface area (Å²) in [5.41, 5.74) is -0.0768. The number of Topliss-reactive ketones (excluding diaryl/α,β-unsaturated/α-hetero) is 1. The van der Waals surface area contributed by atoms with Crippen molar-refractivity contribution in [3.8, 4) is 5.75 Å². The van der Waals surface area contributed by atoms with Crippen molar-refractivity contribution in [2.24, 2.45) is 5.92 Å². The summed E-state index contributed by atoms with van der Waals surface area (Å²) >= 11 is 6.09. The molecule has 0 radical (unpaired) electrons. The number of carboxylic acid groups (broad SMARTS) is 1. The fourth-order valence-corrected chi connectivity index (χ4v) is 4.94. The van der Waals surface area contributed by atoms with Gasteiger partial charge in [0.2, 0.25) is 0 Å². The molecular weight excluding hydrogens is 476 g/mol. The first-order chi connectivity index (χ1) is 16.8. The van der Waals surface area contributed by atoms with E-state index < -0.39 is 29.4 Å². The molecule has 1 aromatic carbocycles. The molecule has 1 saturated heterocycles. The number of carbonyl (C=O) groups is 2. The van der Waals surface area contributed by atoms with Crippen molar-refractivity contribution in [2.45, 2.75) is 37.3 Å². The van der Waals surface area contributed by atoms with Gasteiger partial charge in [0.25, 0.3) is 0 Å². The number of benzene rings is 1. The van der Waals surface area contributed by atoms with E-state index in [2.05, 4.69) is 15.3 Å². The molecule has 2 aromatic heterocycles. The number of nitrogens with one attached hydrogen (secondary N) is 1. The maximum absolute atomic E-state index is 14.1. The molecule has 3 aromatic rings. The Bertz CT molecular complexity index is 1280. The summed E-state index contributed by atoms with van der Waals surface area (Å²) in [4.78, 5) is 37.0. The number of fused-ring (bicyclic) bond motifs is 1. The van der Waals surface area contributed by atoms with E-state index in [9.17, 15) is 14.7 Å². The number of carboxylic acids is 1. The molecule has 3 heterocycles. The van der Waals surface area contributed by atoms with Crippen LogP contribution in [0.25, 0.3) is 11.1 Å². The van der Waals surface area contributed by atoms with Crippen LogP contribution < -0.4 is 10.1 Å². The summed E-state index contributed by atoms with van der Waals surface area (Å²) < 4.78 is 17.0. The molecule has 0 bridgehead atoms. The standard InChI is InChI=1S/C24H25ClN4O6/c1-29-11-19(35-16-3-4-16)20(21(30)13-7-17-22(34-12-27-17)18(8-13)33-2)24(29,23(31)32)28-10-15-9-14(25)5-6-26-15/h5-9,12,16,19-20,28H,3-4,10-11H2,1-2H3,(H,31,32)/t19-,20?,24-/m0/s1. The van der Waals surface area contributed by atoms with Gasteiger partial charge in [0.15, 0.2) is 29.2 Å². The van der Waals surface area contributed by atoms with E-state index in [1.807, 2.05) is 0 Å². The summed E-state index contributed by atoms with van der Waals surface area (Å²) in [5, 5.41) is 14.1. The number of ether oxygens (including phenoxy) is 2. The number of methoxy groups -OCH3 is 1. The van der Waals surface area contributed by atoms with Gasteiger partial charge in [-0.05, 0) is 44.2 Å². The zero-order valence-electron chi connectivity index (χ0n) is 19.2. The minimum Gasteiger partial charge on any atom is -0.493 e. The van der Waals surface area contributed by atoms with E-state index in [-0.39, 0.29) is 24.8 Å². The average Bonchev–Trinajstić information content (AvgIpc) is 3.43. The smallest absolute Gasteiger partial charge is 0.340 e. The minimum atomic E-state index is -1.74. The van der Waals surface area contributed by atoms with Gasteiger partial charge >= 0.3 is 5.97 Å². The van der Waals surface area contributed by atoms with Gasteiger partial charge in [0, 0.05) is 29.9 Å². The average molecular weight is 501 g/mol. The van der Waals surface area contributed by atoms with Gasteiger partial charge < -0.3 is 19.0 Å². The lowest BCUT2D eigenvalue weighted by Gasteiger charge is -2.37. The van der Waals surface area contributed by atoms with Crippen molar-refractivity contribution in [3.05, 3.63) is 53.1 Å². The number of likely N-dealkylation sites (tertiary alicyclic amines) is 1. The maximum Gasteiger partial charge on any atom is 0.340 e. The summed E-state index contributed by atoms with van der Waals surface area (Å²) in [7, 11) is 3.14. The molecule has 1 saturated carbocycles. The topological polar surface area (TPSA) is 127 Å². The van der Waals surface area contributed by atoms with E-state index in [0.717, 1.165) is 12.8 Å². The van der Waals surface area contributed by atoms with Gasteiger partial charge in [-0.25, -0.2) is 9.78 Å². The molecule has 1 unspecified atom stereocenters. The second-order valence-electron chi connectivity index (χ2n) is 8.87. The van der Waals surface area contributed by atoms with Crippen LogP contribution in [-0.2, 0) is 16.1 Å². The Morgan fingerprint density at radius 3 is 2.80 bits per heavy atom. The number of hydrogen-bond acceptors (Lipinski definition) is 9. The molecule has 5 rings (SSSR count). The van der Waals surface area contributed by atoms with Gasteiger partial charge in [-0.3, -0.25) is 20.0 Å². The monoisotopic (exact) mass is 500 g/mol. The van der Waals surface area contributed by atoms with Crippen LogP contribution in [0.2, 0.25) is 5.02 Å². The van der Waals surface area contributed by atoms with E-state index in [4.69, 9.17) is 25.5 Å². The van der Waals surface area contributed by atoms with Crippen LogP contribution in [0.15, 0.2) is 41.3 Å². The molecule has 2 N–H and O–H groups in total. The molecule has 11 heteroatoms. The fourth-order valence-electron chi connectivity index (χ4n) is 4.76. The van der Waals surface area contributed by atoms with Crippen molar-refractivity contribution < 1.29 is 28.6 Å². The van der Waals surface area contributed by atoms with Crippen LogP contribution in [0.1, 0.15) is 28.9 Å². The molecule has 1 aliphatic carbocycles. The largest absolute Gasteiger partial charge is 0.493 e. The summed E-state index contributed by atoms with van der Waals surface area (Å²) in [5.74, 6) is -2.29. The Hall–Kier alpha value is -3.05. The molecule has 35 heavy (non-hydrogen) atoms. The van der Waals surface area contributed by atoms with Gasteiger partial charge in [-0.15, -0.1) is 0 Å². The van der Waals surface area contributed by atoms with Gasteiger partial charge in [0.1, 0.15) is 5.52 Å². The predicted molar refractivity (Wildman–Crippen MR) is 125 cm³/mol. The van der Waals surface area contributed by atoms with E-state index in [1.165, 1.54) is 13.5 Å². The molecule has 2 fully saturated rings. The quantitative estimate of drug-likeness (QED) is 0.423. The van der Waals surface area contributed by atoms with Crippen LogP contribution in [0, 0.1) is 5.92 Å². The molecule has 10 nitrogen and oxygen atoms in total. The lowest BCUT2D eigenvalue weighted by Crippen LogP contribution is -2.65. The second kappa shape index (κ2) is 9.19. The second-order valence-corrected chi connectivity index (χ2v) is 9.30. The highest BCUT2D eigenvalue weighted by Gasteiger charge is 2.62. The third kappa shape index (κ3) is 4.27. The summed E-state index contributed by atoms with van der Waals surface area (Å²) in [6, 6.07) is 6.42. The highest BCUT2D eigenvalue weighted by Crippen LogP contribution is 2.41. The highest BCUT2D eigenvalue weighted by atomic mass is 35.5. The van der Waals surface area contributed by atoms with Crippen molar-refractivity contribution >= 4 is 34.5 Å². The van der Waals surface area contributed by atoms with Crippen molar-refractivity contribution in [1.82, 2.24) is 20.2 Å². The number of oxazole rings is 1. The molecule has 2 aliphatic rings. The first kappa shape index (κ1) is 23.7. The Morgan fingerprint density at radius 1 is 1.31 bits per heavy atom. The van der Waals surface area contributed by atoms with Gasteiger partial charge in [-0.2, -0.15) is 0 Å². The van der Waals surface area contributed by atoms with Crippen LogP contribution in [0.5, 0.6) is 5.75 Å². The number of rotatable bonds is 9. The van der Waals surface area contributed by atoms with Crippen LogP contribution in [-0.4, -0.2) is 70.3 Å². The third-order valence-corrected chi connectivity index (χ3v) is 6.83. The number of aliphatic carboxylic acids is 1. The number of halogens is 1. The molecular formula is C24H25ClN4O6. The number of nitrogens with zero attached hydrogens (tertiary/aromatic N) is 3. The van der Waals surface area contributed by atoms with Crippen LogP contribution in [0.4, 0.5) is 0 Å². The van der Waals surface area contributed by atoms with Gasteiger partial charge in [-0.1, -0.05) is 11.6 Å². The highest BCUT2D eigenvalue weighted by molar-refractivity contribution is 6.30. The minimum absolute atomic E-state index is 0.0236. The zero-order valence-corrected chi connectivity index (χ0v) is 20.0. The molecule has 1 aliphatic heterocycles. The Balaban J connectivity index is 1.56. The number of likely N-dealkylation sites (N-methyl/N-ethyl adjacent to an activating group) is 1. The van der Waals surface area contributed by atoms with Crippen molar-refractivity contribution in [3.63, 3.8) is 0 Å².